The molecule has 0 aliphatic rings. The van der Waals surface area contributed by atoms with Gasteiger partial charge in [-0.05, 0) is 51.4 Å². The molecule has 0 amide bonds. The van der Waals surface area contributed by atoms with Crippen molar-refractivity contribution in [3.63, 3.8) is 0 Å². The monoisotopic (exact) mass is 894 g/mol. The molecule has 0 bridgehead atoms. The molecule has 1 unspecified atom stereocenters. The molecule has 0 saturated carbocycles. The van der Waals surface area contributed by atoms with E-state index in [0.717, 1.165) is 38.5 Å². The van der Waals surface area contributed by atoms with Gasteiger partial charge in [-0.2, -0.15) is 0 Å². The molecule has 0 aliphatic heterocycles. The zero-order valence-corrected chi connectivity index (χ0v) is 41.7. The summed E-state index contributed by atoms with van der Waals surface area (Å²) in [5, 5.41) is 0. The summed E-state index contributed by atoms with van der Waals surface area (Å²) >= 11 is 0. The van der Waals surface area contributed by atoms with Crippen LogP contribution < -0.4 is 4.89 Å². The van der Waals surface area contributed by atoms with E-state index in [0.29, 0.717) is 23.9 Å². The van der Waals surface area contributed by atoms with Gasteiger partial charge in [-0.15, -0.1) is 0 Å². The average Bonchev–Trinajstić information content (AvgIpc) is 3.23. The Hall–Kier alpha value is -2.03. The number of esters is 2. The standard InChI is InChI=1S/C52H96NO8P/c1-6-8-10-12-14-16-18-20-22-24-25-26-27-29-30-32-34-36-38-40-42-44-51(54)58-48-50(49-60-62(56,57)59-47-46-53(3,4)5)61-52(55)45-43-41-39-37-35-33-31-28-23-21-19-17-15-13-11-9-7-2/h15,17,21,23,31,33,37,39,50H,6-14,16,18-20,22,24-30,32,34-36,38,40-49H2,1-5H3/b17-15-,23-21-,33-31-,39-37-/t50-/m1/s1. The number of unbranched alkanes of at least 4 members (excludes halogenated alkanes) is 24. The Morgan fingerprint density at radius 2 is 0.887 bits per heavy atom. The first-order valence-corrected chi connectivity index (χ1v) is 26.8. The molecule has 0 N–H and O–H groups in total. The van der Waals surface area contributed by atoms with Crippen molar-refractivity contribution in [1.82, 2.24) is 0 Å². The molecule has 0 rings (SSSR count). The first kappa shape index (κ1) is 60.0. The lowest BCUT2D eigenvalue weighted by atomic mass is 10.0. The lowest BCUT2D eigenvalue weighted by Crippen LogP contribution is -2.37. The van der Waals surface area contributed by atoms with Crippen molar-refractivity contribution in [2.75, 3.05) is 47.5 Å². The third-order valence-corrected chi connectivity index (χ3v) is 11.8. The van der Waals surface area contributed by atoms with Gasteiger partial charge in [-0.1, -0.05) is 204 Å². The number of quaternary nitrogens is 1. The summed E-state index contributed by atoms with van der Waals surface area (Å²) in [4.78, 5) is 37.7. The van der Waals surface area contributed by atoms with Gasteiger partial charge in [0, 0.05) is 12.8 Å². The molecule has 0 heterocycles. The van der Waals surface area contributed by atoms with E-state index in [1.807, 2.05) is 27.2 Å². The molecule has 2 atom stereocenters. The van der Waals surface area contributed by atoms with Crippen LogP contribution in [0.3, 0.4) is 0 Å². The Morgan fingerprint density at radius 1 is 0.500 bits per heavy atom. The highest BCUT2D eigenvalue weighted by Gasteiger charge is 2.21. The van der Waals surface area contributed by atoms with Gasteiger partial charge in [0.05, 0.1) is 27.7 Å². The average molecular weight is 894 g/mol. The van der Waals surface area contributed by atoms with Gasteiger partial charge in [-0.3, -0.25) is 14.2 Å². The minimum absolute atomic E-state index is 0.0410. The van der Waals surface area contributed by atoms with Gasteiger partial charge < -0.3 is 27.9 Å². The Labute approximate surface area is 382 Å². The summed E-state index contributed by atoms with van der Waals surface area (Å²) in [6.07, 6.45) is 53.0. The number of rotatable bonds is 46. The molecule has 0 aromatic carbocycles. The summed E-state index contributed by atoms with van der Waals surface area (Å²) in [6, 6.07) is 0. The molecular weight excluding hydrogens is 798 g/mol. The van der Waals surface area contributed by atoms with Gasteiger partial charge in [0.15, 0.2) is 6.10 Å². The van der Waals surface area contributed by atoms with Crippen LogP contribution >= 0.6 is 7.82 Å². The van der Waals surface area contributed by atoms with E-state index in [1.54, 1.807) is 0 Å². The van der Waals surface area contributed by atoms with Crippen LogP contribution in [0.1, 0.15) is 219 Å². The topological polar surface area (TPSA) is 111 Å². The van der Waals surface area contributed by atoms with Crippen LogP contribution in [0.2, 0.25) is 0 Å². The maximum Gasteiger partial charge on any atom is 0.306 e. The fourth-order valence-electron chi connectivity index (χ4n) is 6.88. The molecule has 0 radical (unpaired) electrons. The summed E-state index contributed by atoms with van der Waals surface area (Å²) in [5.74, 6) is -0.893. The predicted octanol–water partition coefficient (Wildman–Crippen LogP) is 14.4. The summed E-state index contributed by atoms with van der Waals surface area (Å²) in [5.41, 5.74) is 0. The van der Waals surface area contributed by atoms with E-state index in [4.69, 9.17) is 18.5 Å². The molecule has 0 aromatic heterocycles. The van der Waals surface area contributed by atoms with E-state index >= 15 is 0 Å². The van der Waals surface area contributed by atoms with Gasteiger partial charge in [-0.25, -0.2) is 0 Å². The zero-order chi connectivity index (χ0) is 45.7. The first-order chi connectivity index (χ1) is 30.0. The number of phosphoric ester groups is 1. The molecule has 0 saturated heterocycles. The molecule has 9 nitrogen and oxygen atoms in total. The lowest BCUT2D eigenvalue weighted by molar-refractivity contribution is -0.870. The van der Waals surface area contributed by atoms with E-state index in [9.17, 15) is 19.0 Å². The minimum atomic E-state index is -4.64. The second-order valence-electron chi connectivity index (χ2n) is 18.2. The van der Waals surface area contributed by atoms with Crippen LogP contribution in [-0.2, 0) is 32.7 Å². The summed E-state index contributed by atoms with van der Waals surface area (Å²) < 4.78 is 34.0. The number of hydrogen-bond acceptors (Lipinski definition) is 8. The third-order valence-electron chi connectivity index (χ3n) is 10.9. The largest absolute Gasteiger partial charge is 0.756 e. The Morgan fingerprint density at radius 3 is 1.34 bits per heavy atom. The van der Waals surface area contributed by atoms with Crippen molar-refractivity contribution in [3.05, 3.63) is 48.6 Å². The number of nitrogens with zero attached hydrogens (tertiary/aromatic N) is 1. The molecule has 62 heavy (non-hydrogen) atoms. The number of ether oxygens (including phenoxy) is 2. The van der Waals surface area contributed by atoms with Crippen LogP contribution in [0.25, 0.3) is 0 Å². The lowest BCUT2D eigenvalue weighted by Gasteiger charge is -2.28. The molecule has 10 heteroatoms. The Balaban J connectivity index is 4.30. The second-order valence-corrected chi connectivity index (χ2v) is 19.6. The van der Waals surface area contributed by atoms with Crippen molar-refractivity contribution in [1.29, 1.82) is 0 Å². The van der Waals surface area contributed by atoms with Crippen molar-refractivity contribution in [2.24, 2.45) is 0 Å². The normalized spacial score (nSPS) is 13.8. The van der Waals surface area contributed by atoms with Gasteiger partial charge >= 0.3 is 11.9 Å². The summed E-state index contributed by atoms with van der Waals surface area (Å²) in [7, 11) is 1.13. The van der Waals surface area contributed by atoms with Crippen molar-refractivity contribution in [3.8, 4) is 0 Å². The maximum atomic E-state index is 12.7. The van der Waals surface area contributed by atoms with Gasteiger partial charge in [0.1, 0.15) is 19.8 Å². The van der Waals surface area contributed by atoms with Crippen molar-refractivity contribution in [2.45, 2.75) is 225 Å². The molecule has 0 spiro atoms. The quantitative estimate of drug-likeness (QED) is 0.0195. The fraction of sp³-hybridized carbons (Fsp3) is 0.808. The molecule has 0 aromatic rings. The Kier molecular flexibility index (Phi) is 42.7. The van der Waals surface area contributed by atoms with E-state index < -0.39 is 32.5 Å². The number of allylic oxidation sites excluding steroid dienone is 8. The van der Waals surface area contributed by atoms with Crippen LogP contribution in [0.4, 0.5) is 0 Å². The fourth-order valence-corrected chi connectivity index (χ4v) is 7.61. The SMILES string of the molecule is CCCCC/C=C\C/C=C\C/C=C\C/C=C\CCCC(=O)O[C@H](COC(=O)CCCCCCCCCCCCCCCCCCCCCCC)COP(=O)([O-])OCC[N+](C)(C)C. The zero-order valence-electron chi connectivity index (χ0n) is 40.8. The molecule has 0 aliphatic carbocycles. The van der Waals surface area contributed by atoms with Crippen LogP contribution in [0, 0.1) is 0 Å². The predicted molar refractivity (Wildman–Crippen MR) is 259 cm³/mol. The van der Waals surface area contributed by atoms with Gasteiger partial charge in [0.2, 0.25) is 0 Å². The number of hydrogen-bond donors (Lipinski definition) is 0. The maximum absolute atomic E-state index is 12.7. The highest BCUT2D eigenvalue weighted by Crippen LogP contribution is 2.38. The van der Waals surface area contributed by atoms with Crippen molar-refractivity contribution < 1.29 is 42.1 Å². The number of carbonyl (C=O) groups is 2. The van der Waals surface area contributed by atoms with E-state index in [-0.39, 0.29) is 26.1 Å². The molecular formula is C52H96NO8P. The van der Waals surface area contributed by atoms with E-state index in [1.165, 1.54) is 141 Å². The van der Waals surface area contributed by atoms with Crippen LogP contribution in [-0.4, -0.2) is 70.0 Å². The number of phosphoric acid groups is 1. The smallest absolute Gasteiger partial charge is 0.306 e. The number of likely N-dealkylation sites (N-methyl/N-ethyl adjacent to an activating group) is 1. The molecule has 0 fully saturated rings. The third kappa shape index (κ3) is 47.4. The van der Waals surface area contributed by atoms with Crippen molar-refractivity contribution >= 4 is 19.8 Å². The van der Waals surface area contributed by atoms with Crippen LogP contribution in [0.5, 0.6) is 0 Å². The minimum Gasteiger partial charge on any atom is -0.756 e. The highest BCUT2D eigenvalue weighted by molar-refractivity contribution is 7.45. The summed E-state index contributed by atoms with van der Waals surface area (Å²) in [6.45, 7) is 4.16. The van der Waals surface area contributed by atoms with E-state index in [2.05, 4.69) is 56.4 Å². The highest BCUT2D eigenvalue weighted by atomic mass is 31.2. The second kappa shape index (κ2) is 44.2. The number of carbonyl (C=O) groups excluding carboxylic acids is 2. The van der Waals surface area contributed by atoms with Gasteiger partial charge in [0.25, 0.3) is 7.82 Å². The first-order valence-electron chi connectivity index (χ1n) is 25.3. The molecule has 362 valence electrons. The van der Waals surface area contributed by atoms with Crippen LogP contribution in [0.15, 0.2) is 48.6 Å². The Bertz CT molecular complexity index is 1190.